The Morgan fingerprint density at radius 2 is 0.528 bits per heavy atom. The Bertz CT molecular complexity index is 3530. The van der Waals surface area contributed by atoms with E-state index in [2.05, 4.69) is 13.2 Å². The van der Waals surface area contributed by atoms with Crippen LogP contribution < -0.4 is 0 Å². The summed E-state index contributed by atoms with van der Waals surface area (Å²) in [6.45, 7) is 45.4. The van der Waals surface area contributed by atoms with E-state index in [1.54, 1.807) is 54.9 Å². The van der Waals surface area contributed by atoms with Crippen molar-refractivity contribution < 1.29 is 444 Å². The molecule has 46 heteroatoms. The van der Waals surface area contributed by atoms with E-state index in [0.717, 1.165) is 73.7 Å². The second-order valence-corrected chi connectivity index (χ2v) is 35.8. The topological polar surface area (TPSA) is 473 Å². The molecule has 0 aromatic rings. The number of ketones is 2. The summed E-state index contributed by atoms with van der Waals surface area (Å²) >= 11 is 0. The first-order valence-electron chi connectivity index (χ1n) is 44.3. The normalized spacial score (nSPS) is 25.2. The number of aliphatic hydroxyl groups excluding tert-OH is 4. The van der Waals surface area contributed by atoms with Crippen LogP contribution in [-0.2, 0) is 423 Å². The molecule has 4 aliphatic heterocycles. The van der Waals surface area contributed by atoms with Gasteiger partial charge in [-0.05, 0) is 161 Å². The van der Waals surface area contributed by atoms with Crippen LogP contribution in [0, 0.1) is 112 Å². The van der Waals surface area contributed by atoms with Gasteiger partial charge in [0.25, 0.3) is 47.8 Å². The fraction of sp³-hybridized carbons (Fsp3) is 0.688. The molecule has 4 saturated heterocycles. The first-order valence-corrected chi connectivity index (χ1v) is 44.3. The summed E-state index contributed by atoms with van der Waals surface area (Å²) in [6, 6.07) is 0. The van der Waals surface area contributed by atoms with Crippen molar-refractivity contribution in [3.63, 3.8) is 0 Å². The molecule has 8 saturated carbocycles. The molecule has 0 aromatic carbocycles. The number of hydrogen-bond acceptors (Lipinski definition) is 38. The Labute approximate surface area is 1040 Å². The van der Waals surface area contributed by atoms with E-state index in [0.29, 0.717) is 57.3 Å². The summed E-state index contributed by atoms with van der Waals surface area (Å²) in [5.41, 5.74) is 2.34. The number of ether oxygens (including phenoxy) is 24. The molecule has 12 fully saturated rings. The summed E-state index contributed by atoms with van der Waals surface area (Å²) in [4.78, 5) is 110. The maximum absolute atomic E-state index is 11.2. The first-order chi connectivity index (χ1) is 62.9. The van der Waals surface area contributed by atoms with E-state index in [4.69, 9.17) is 124 Å². The molecular formula is C96H144O38Y8-16. The van der Waals surface area contributed by atoms with E-state index in [1.807, 2.05) is 55.4 Å². The number of aliphatic hydroxyl groups is 4. The van der Waals surface area contributed by atoms with E-state index in [9.17, 15) is 58.2 Å². The average Bonchev–Trinajstić information content (AvgIpc) is 1.64. The van der Waals surface area contributed by atoms with Gasteiger partial charge in [0.15, 0.2) is 23.1 Å². The minimum absolute atomic E-state index is 0. The number of carbonyl (C=O) groups is 10. The van der Waals surface area contributed by atoms with Crippen LogP contribution >= 0.6 is 0 Å². The van der Waals surface area contributed by atoms with E-state index in [1.165, 1.54) is 134 Å². The van der Waals surface area contributed by atoms with Crippen LogP contribution in [0.4, 0.5) is 0 Å². The Morgan fingerprint density at radius 1 is 0.310 bits per heavy atom. The van der Waals surface area contributed by atoms with Gasteiger partial charge in [0.1, 0.15) is 0 Å². The first kappa shape index (κ1) is 151. The number of rotatable bonds is 38. The molecule has 4 heterocycles. The van der Waals surface area contributed by atoms with Crippen LogP contribution in [0.3, 0.4) is 0 Å². The minimum Gasteiger partial charge on any atom is -0.552 e. The minimum atomic E-state index is -0.834. The van der Waals surface area contributed by atoms with Gasteiger partial charge in [0, 0.05) is 367 Å². The van der Waals surface area contributed by atoms with Gasteiger partial charge in [-0.25, -0.2) is 0 Å². The zero-order chi connectivity index (χ0) is 100. The predicted octanol–water partition coefficient (Wildman–Crippen LogP) is 9.01. The Kier molecular flexibility index (Phi) is 80.3. The molecule has 0 spiro atoms. The van der Waals surface area contributed by atoms with Crippen molar-refractivity contribution in [2.24, 2.45) is 11.8 Å². The Hall–Kier alpha value is 2.61. The van der Waals surface area contributed by atoms with Crippen LogP contribution in [0.1, 0.15) is 214 Å². The van der Waals surface area contributed by atoms with Crippen LogP contribution in [0.15, 0.2) is 24.3 Å². The third kappa shape index (κ3) is 53.8. The molecule has 4 N–H and O–H groups in total. The second kappa shape index (κ2) is 75.6. The number of Topliss-reactive ketones (excluding diaryl/α,β-unsaturated/α-hetero) is 2. The van der Waals surface area contributed by atoms with Gasteiger partial charge in [0.05, 0.1) is 11.6 Å². The molecule has 8 aliphatic carbocycles. The molecule has 0 amide bonds. The number of methoxy groups -OCH3 is 8. The third-order valence-electron chi connectivity index (χ3n) is 21.8. The fourth-order valence-corrected chi connectivity index (χ4v) is 16.1. The van der Waals surface area contributed by atoms with Crippen LogP contribution in [0.5, 0.6) is 0 Å². The van der Waals surface area contributed by atoms with Crippen molar-refractivity contribution in [1.82, 2.24) is 0 Å². The molecule has 12 rings (SSSR count). The molecular weight excluding hydrogens is 2470 g/mol. The number of carbonyl (C=O) groups excluding carboxylic acids is 10. The smallest absolute Gasteiger partial charge is 0.300 e. The Morgan fingerprint density at radius 3 is 0.746 bits per heavy atom. The quantitative estimate of drug-likeness (QED) is 0.0194. The summed E-state index contributed by atoms with van der Waals surface area (Å²) in [6.07, 6.45) is 3.17. The van der Waals surface area contributed by atoms with Crippen molar-refractivity contribution in [2.75, 3.05) is 70.1 Å². The van der Waals surface area contributed by atoms with E-state index >= 15 is 0 Å². The molecule has 16 atom stereocenters. The van der Waals surface area contributed by atoms with Crippen LogP contribution in [0.25, 0.3) is 0 Å². The zero-order valence-electron chi connectivity index (χ0n) is 86.6. The van der Waals surface area contributed by atoms with Gasteiger partial charge in [-0.15, -0.1) is 62.8 Å². The van der Waals surface area contributed by atoms with Gasteiger partial charge in [-0.1, -0.05) is 36.3 Å². The Balaban J connectivity index is -0.000000761. The van der Waals surface area contributed by atoms with Gasteiger partial charge >= 0.3 is 0 Å². The van der Waals surface area contributed by atoms with E-state index in [-0.39, 0.29) is 360 Å². The van der Waals surface area contributed by atoms with Crippen molar-refractivity contribution in [1.29, 1.82) is 0 Å². The number of hydrogen-bond donors (Lipinski definition) is 4. The summed E-state index contributed by atoms with van der Waals surface area (Å²) in [5.74, 6) is 3.39. The summed E-state index contributed by atoms with van der Waals surface area (Å²) in [7, 11) is 12.1. The summed E-state index contributed by atoms with van der Waals surface area (Å²) < 4.78 is 126. The molecule has 38 nitrogen and oxygen atoms in total. The standard InChI is InChI=1S/C13H20O6.C13H18O5.C12H18O6.C12H16O6.C12H20O4.C12H18O3.C11H18O4.C11H16O4.8Y/c1-8(15)18-12(7-17-3)13(19-9(2)16)11-4-10(5-11)6-14;1-8-5-11(6-8)13(18-10(3)15)12(7-16-4)17-9(2)14;2*1-7(13)17-11(6-16-3)12(18-8(2)14)9-4-10(15)5-9;1-12(2)15-10(7-14-3)11(16-12)9-4-8(5-9)6-13;1-8-5-9(6-8)11-10(7-13-4)14-12(2,3)15-11;2*1-11(2)14-9(6-13-3)10(15-11)7-4-8(12)5-7;;;;;;;;/h7,10,12-14H,4-6H2,1-3H3;7,12-13H,1,5-6H2,2-4H3;6,10-12,15H,4-5H2,1-3H3;6,11-12H,4-5H2,1-3H3;7-8,10-11,13H,4-6H2,1-3H3;7,10-11H,1,5-6H2,2-4H3;6,8-10,12H,4-5H2,1-3H3;6,9-10H,4-5H2,1-3H3;;;;;;;;/q8*-2;;;;;;;;/t2*12-,13+;2*11-,12+;2*10-,11+;2*9-,10+;;;;;;;;/m00000000......../s1. The number of allylic oxidation sites excluding steroid dienone is 2. The third-order valence-corrected chi connectivity index (χ3v) is 21.8. The van der Waals surface area contributed by atoms with Gasteiger partial charge < -0.3 is 144 Å². The van der Waals surface area contributed by atoms with Crippen LogP contribution in [0.2, 0.25) is 0 Å². The molecule has 796 valence electrons. The molecule has 0 aromatic heterocycles. The van der Waals surface area contributed by atoms with Crippen molar-refractivity contribution >= 4 is 59.3 Å². The molecule has 0 bridgehead atoms. The molecule has 12 aliphatic rings. The summed E-state index contributed by atoms with van der Waals surface area (Å²) in [5, 5.41) is 36.6. The largest absolute Gasteiger partial charge is 0.552 e. The zero-order valence-corrected chi connectivity index (χ0v) is 109. The maximum atomic E-state index is 11.2. The fourth-order valence-electron chi connectivity index (χ4n) is 16.1. The SMILES string of the molecule is C=C1C[C-]([C@@H](OC(C)=O)[C@H]([CH-]OC)OC(C)=O)C1.C=C1C[C-]([C@H]2OC(C)(C)O[C@H]2[CH-]OC)C1.CO[CH-][C@@H]1OC(C)(C)O[C@@H]1[C-]1CC(=O)C1.CO[CH-][C@@H]1OC(C)(C)O[C@@H]1[C-]1CC(CO)C1.CO[CH-][C@@H]1OC(C)(C)O[C@@H]1[C-]1CC(O)C1.CO[CH-][C@H](OC(C)=O)[C@H](OC(C)=O)[C-]1CC(=O)C1.CO[CH-][C@H](OC(C)=O)[C@H](OC(C)=O)[C-]1CC(CO)C1.CO[CH-][C@H](OC(C)=O)[C@H](OC(C)=O)[C-]1CC(O)C1.[Y].[Y].[Y].[Y].[Y].[Y].[Y].[Y]. The van der Waals surface area contributed by atoms with E-state index < -0.39 is 126 Å². The van der Waals surface area contributed by atoms with Crippen molar-refractivity contribution in [2.45, 2.75) is 347 Å². The number of esters is 8. The van der Waals surface area contributed by atoms with Gasteiger partial charge in [-0.3, -0.25) is 85.7 Å². The molecule has 142 heavy (non-hydrogen) atoms. The average molecular weight is 2620 g/mol. The maximum Gasteiger partial charge on any atom is 0.300 e. The second-order valence-electron chi connectivity index (χ2n) is 35.8. The monoisotopic (exact) mass is 2620 g/mol. The molecule has 0 unspecified atom stereocenters. The predicted molar refractivity (Wildman–Crippen MR) is 471 cm³/mol. The van der Waals surface area contributed by atoms with Crippen molar-refractivity contribution in [3.05, 3.63) is 125 Å². The van der Waals surface area contributed by atoms with Gasteiger partial charge in [-0.2, -0.15) is 117 Å². The van der Waals surface area contributed by atoms with Crippen molar-refractivity contribution in [3.8, 4) is 0 Å². The van der Waals surface area contributed by atoms with Crippen LogP contribution in [-0.4, -0.2) is 283 Å². The molecule has 8 radical (unpaired) electrons. The van der Waals surface area contributed by atoms with Gasteiger partial charge in [0.2, 0.25) is 0 Å².